The zero-order valence-electron chi connectivity index (χ0n) is 13.1. The van der Waals surface area contributed by atoms with E-state index in [1.165, 1.54) is 36.8 Å². The van der Waals surface area contributed by atoms with Crippen LogP contribution in [0.5, 0.6) is 11.5 Å². The molecule has 1 fully saturated rings. The molecule has 1 aliphatic rings. The van der Waals surface area contributed by atoms with E-state index < -0.39 is 0 Å². The second-order valence-electron chi connectivity index (χ2n) is 6.58. The summed E-state index contributed by atoms with van der Waals surface area (Å²) < 4.78 is 0. The SMILES string of the molecule is CC(c1ccc(O)cc1)C1CCC(c2ccc(O)cc2)CC1. The van der Waals surface area contributed by atoms with E-state index in [1.54, 1.807) is 24.3 Å². The summed E-state index contributed by atoms with van der Waals surface area (Å²) in [5.74, 6) is 2.58. The van der Waals surface area contributed by atoms with Crippen LogP contribution in [0.1, 0.15) is 55.6 Å². The van der Waals surface area contributed by atoms with Crippen LogP contribution in [0.4, 0.5) is 0 Å². The third-order valence-corrected chi connectivity index (χ3v) is 5.26. The molecular formula is C20H24O2. The fraction of sp³-hybridized carbons (Fsp3) is 0.400. The standard InChI is InChI=1S/C20H24O2/c1-14(16-6-10-19(21)11-7-16)15-2-4-17(5-3-15)18-8-12-20(22)13-9-18/h6-15,17,21-22H,2-5H2,1H3. The van der Waals surface area contributed by atoms with Crippen molar-refractivity contribution >= 4 is 0 Å². The molecule has 2 aromatic carbocycles. The Balaban J connectivity index is 1.61. The van der Waals surface area contributed by atoms with Crippen LogP contribution in [0.15, 0.2) is 48.5 Å². The van der Waals surface area contributed by atoms with E-state index in [2.05, 4.69) is 19.1 Å². The first kappa shape index (κ1) is 15.0. The maximum absolute atomic E-state index is 9.41. The van der Waals surface area contributed by atoms with Crippen LogP contribution in [-0.4, -0.2) is 10.2 Å². The van der Waals surface area contributed by atoms with Gasteiger partial charge in [0.05, 0.1) is 0 Å². The van der Waals surface area contributed by atoms with Crippen molar-refractivity contribution in [1.82, 2.24) is 0 Å². The van der Waals surface area contributed by atoms with E-state index in [1.807, 2.05) is 12.1 Å². The van der Waals surface area contributed by atoms with Crippen LogP contribution in [-0.2, 0) is 0 Å². The maximum Gasteiger partial charge on any atom is 0.115 e. The quantitative estimate of drug-likeness (QED) is 0.819. The minimum absolute atomic E-state index is 0.340. The Labute approximate surface area is 132 Å². The van der Waals surface area contributed by atoms with Crippen molar-refractivity contribution in [2.75, 3.05) is 0 Å². The number of hydrogen-bond acceptors (Lipinski definition) is 2. The zero-order valence-corrected chi connectivity index (χ0v) is 13.1. The van der Waals surface area contributed by atoms with Crippen LogP contribution >= 0.6 is 0 Å². The molecule has 2 N–H and O–H groups in total. The van der Waals surface area contributed by atoms with Gasteiger partial charge in [-0.05, 0) is 78.8 Å². The number of phenolic OH excluding ortho intramolecular Hbond substituents is 2. The van der Waals surface area contributed by atoms with Gasteiger partial charge in [-0.1, -0.05) is 31.2 Å². The average molecular weight is 296 g/mol. The lowest BCUT2D eigenvalue weighted by atomic mass is 9.72. The molecule has 22 heavy (non-hydrogen) atoms. The van der Waals surface area contributed by atoms with Crippen molar-refractivity contribution in [3.8, 4) is 11.5 Å². The van der Waals surface area contributed by atoms with E-state index in [4.69, 9.17) is 0 Å². The minimum Gasteiger partial charge on any atom is -0.508 e. The first-order valence-corrected chi connectivity index (χ1v) is 8.21. The second-order valence-corrected chi connectivity index (χ2v) is 6.58. The summed E-state index contributed by atoms with van der Waals surface area (Å²) in [6.45, 7) is 2.30. The summed E-state index contributed by atoms with van der Waals surface area (Å²) in [4.78, 5) is 0. The molecule has 2 aromatic rings. The normalized spacial score (nSPS) is 23.1. The van der Waals surface area contributed by atoms with E-state index in [9.17, 15) is 10.2 Å². The molecule has 116 valence electrons. The van der Waals surface area contributed by atoms with Crippen molar-refractivity contribution < 1.29 is 10.2 Å². The molecule has 0 spiro atoms. The fourth-order valence-electron chi connectivity index (χ4n) is 3.75. The first-order chi connectivity index (χ1) is 10.6. The van der Waals surface area contributed by atoms with Crippen LogP contribution < -0.4 is 0 Å². The van der Waals surface area contributed by atoms with Crippen molar-refractivity contribution in [1.29, 1.82) is 0 Å². The van der Waals surface area contributed by atoms with Gasteiger partial charge in [0.2, 0.25) is 0 Å². The van der Waals surface area contributed by atoms with Crippen molar-refractivity contribution in [2.24, 2.45) is 5.92 Å². The molecule has 2 heteroatoms. The van der Waals surface area contributed by atoms with E-state index in [0.29, 0.717) is 23.3 Å². The predicted molar refractivity (Wildman–Crippen MR) is 89.3 cm³/mol. The summed E-state index contributed by atoms with van der Waals surface area (Å²) >= 11 is 0. The highest BCUT2D eigenvalue weighted by Gasteiger charge is 2.26. The van der Waals surface area contributed by atoms with Gasteiger partial charge >= 0.3 is 0 Å². The lowest BCUT2D eigenvalue weighted by molar-refractivity contribution is 0.290. The molecule has 1 unspecified atom stereocenters. The van der Waals surface area contributed by atoms with Gasteiger partial charge in [-0.15, -0.1) is 0 Å². The van der Waals surface area contributed by atoms with Crippen LogP contribution in [0.3, 0.4) is 0 Å². The summed E-state index contributed by atoms with van der Waals surface area (Å²) in [6.07, 6.45) is 4.93. The number of hydrogen-bond donors (Lipinski definition) is 2. The summed E-state index contributed by atoms with van der Waals surface area (Å²) in [7, 11) is 0. The van der Waals surface area contributed by atoms with Crippen LogP contribution in [0, 0.1) is 5.92 Å². The number of phenols is 2. The summed E-state index contributed by atoms with van der Waals surface area (Å²) in [5, 5.41) is 18.8. The number of aromatic hydroxyl groups is 2. The lowest BCUT2D eigenvalue weighted by Crippen LogP contribution is -2.18. The molecule has 2 nitrogen and oxygen atoms in total. The third kappa shape index (κ3) is 3.27. The Bertz CT molecular complexity index is 593. The molecule has 3 rings (SSSR count). The molecule has 0 heterocycles. The number of rotatable bonds is 3. The largest absolute Gasteiger partial charge is 0.508 e. The minimum atomic E-state index is 0.340. The molecule has 1 atom stereocenters. The van der Waals surface area contributed by atoms with Gasteiger partial charge in [-0.25, -0.2) is 0 Å². The van der Waals surface area contributed by atoms with E-state index in [0.717, 1.165) is 5.92 Å². The van der Waals surface area contributed by atoms with E-state index >= 15 is 0 Å². The van der Waals surface area contributed by atoms with Crippen molar-refractivity contribution in [2.45, 2.75) is 44.4 Å². The second kappa shape index (κ2) is 6.43. The monoisotopic (exact) mass is 296 g/mol. The van der Waals surface area contributed by atoms with Crippen LogP contribution in [0.2, 0.25) is 0 Å². The Morgan fingerprint density at radius 1 is 0.773 bits per heavy atom. The highest BCUT2D eigenvalue weighted by molar-refractivity contribution is 5.30. The van der Waals surface area contributed by atoms with Gasteiger partial charge < -0.3 is 10.2 Å². The molecule has 0 radical (unpaired) electrons. The molecule has 1 aliphatic carbocycles. The molecule has 0 aliphatic heterocycles. The smallest absolute Gasteiger partial charge is 0.115 e. The number of benzene rings is 2. The lowest BCUT2D eigenvalue weighted by Gasteiger charge is -2.32. The molecule has 0 bridgehead atoms. The van der Waals surface area contributed by atoms with Crippen LogP contribution in [0.25, 0.3) is 0 Å². The topological polar surface area (TPSA) is 40.5 Å². The molecular weight excluding hydrogens is 272 g/mol. The molecule has 0 aromatic heterocycles. The Hall–Kier alpha value is -1.96. The van der Waals surface area contributed by atoms with Gasteiger partial charge in [-0.2, -0.15) is 0 Å². The highest BCUT2D eigenvalue weighted by atomic mass is 16.3. The Kier molecular flexibility index (Phi) is 4.37. The molecule has 0 amide bonds. The van der Waals surface area contributed by atoms with Gasteiger partial charge in [-0.3, -0.25) is 0 Å². The summed E-state index contributed by atoms with van der Waals surface area (Å²) in [6, 6.07) is 15.4. The van der Waals surface area contributed by atoms with Gasteiger partial charge in [0, 0.05) is 0 Å². The average Bonchev–Trinajstić information content (AvgIpc) is 2.56. The zero-order chi connectivity index (χ0) is 15.5. The Morgan fingerprint density at radius 3 is 1.82 bits per heavy atom. The van der Waals surface area contributed by atoms with E-state index in [-0.39, 0.29) is 0 Å². The summed E-state index contributed by atoms with van der Waals surface area (Å²) in [5.41, 5.74) is 2.68. The first-order valence-electron chi connectivity index (χ1n) is 8.21. The Morgan fingerprint density at radius 2 is 1.27 bits per heavy atom. The highest BCUT2D eigenvalue weighted by Crippen LogP contribution is 2.42. The van der Waals surface area contributed by atoms with Crippen molar-refractivity contribution in [3.63, 3.8) is 0 Å². The van der Waals surface area contributed by atoms with Gasteiger partial charge in [0.25, 0.3) is 0 Å². The van der Waals surface area contributed by atoms with Gasteiger partial charge in [0.1, 0.15) is 11.5 Å². The predicted octanol–water partition coefficient (Wildman–Crippen LogP) is 5.18. The molecule has 1 saturated carbocycles. The molecule has 0 saturated heterocycles. The third-order valence-electron chi connectivity index (χ3n) is 5.26. The maximum atomic E-state index is 9.41. The van der Waals surface area contributed by atoms with Crippen molar-refractivity contribution in [3.05, 3.63) is 59.7 Å². The fourth-order valence-corrected chi connectivity index (χ4v) is 3.75. The van der Waals surface area contributed by atoms with Gasteiger partial charge in [0.15, 0.2) is 0 Å².